The van der Waals surface area contributed by atoms with Crippen LogP contribution in [-0.4, -0.2) is 42.3 Å². The molecule has 3 aliphatic rings. The molecule has 0 aliphatic carbocycles. The van der Waals surface area contributed by atoms with Gasteiger partial charge in [-0.05, 0) is 35.7 Å². The molecule has 158 valence electrons. The van der Waals surface area contributed by atoms with E-state index in [9.17, 15) is 8.42 Å². The number of hydrogen-bond donors (Lipinski definition) is 0. The summed E-state index contributed by atoms with van der Waals surface area (Å²) in [6, 6.07) is 9.06. The van der Waals surface area contributed by atoms with Gasteiger partial charge in [-0.25, -0.2) is 22.2 Å². The van der Waals surface area contributed by atoms with Crippen molar-refractivity contribution in [1.29, 1.82) is 0 Å². The second-order valence-corrected chi connectivity index (χ2v) is 11.4. The number of fused-ring (bicyclic) bond motifs is 2. The minimum absolute atomic E-state index is 0.0838. The van der Waals surface area contributed by atoms with Crippen molar-refractivity contribution >= 4 is 39.3 Å². The molecule has 5 rings (SSSR count). The van der Waals surface area contributed by atoms with Crippen molar-refractivity contribution in [2.75, 3.05) is 18.8 Å². The van der Waals surface area contributed by atoms with Crippen LogP contribution in [0.1, 0.15) is 35.6 Å². The number of rotatable bonds is 4. The molecule has 1 unspecified atom stereocenters. The highest BCUT2D eigenvalue weighted by atomic mass is 35.5. The molecule has 1 atom stereocenters. The molecule has 1 aromatic carbocycles. The maximum absolute atomic E-state index is 15.4. The van der Waals surface area contributed by atoms with Gasteiger partial charge in [0, 0.05) is 43.2 Å². The molecular weight excluding hydrogens is 449 g/mol. The summed E-state index contributed by atoms with van der Waals surface area (Å²) in [5.74, 6) is 0.0838. The molecule has 1 spiro atoms. The summed E-state index contributed by atoms with van der Waals surface area (Å²) in [5, 5.41) is -1.35. The van der Waals surface area contributed by atoms with Crippen LogP contribution in [0.2, 0.25) is 5.15 Å². The Morgan fingerprint density at radius 3 is 2.80 bits per heavy atom. The molecule has 0 saturated carbocycles. The van der Waals surface area contributed by atoms with Crippen LogP contribution in [-0.2, 0) is 32.0 Å². The number of benzene rings is 1. The molecule has 2 aromatic rings. The van der Waals surface area contributed by atoms with E-state index in [1.54, 1.807) is 19.1 Å². The molecule has 0 bridgehead atoms. The van der Waals surface area contributed by atoms with Gasteiger partial charge in [0.2, 0.25) is 15.0 Å². The third-order valence-electron chi connectivity index (χ3n) is 5.91. The van der Waals surface area contributed by atoms with Gasteiger partial charge in [-0.2, -0.15) is 4.31 Å². The molecular formula is C20H19ClFN3O3S2. The summed E-state index contributed by atoms with van der Waals surface area (Å²) in [6.45, 7) is 2.72. The molecule has 6 nitrogen and oxygen atoms in total. The maximum Gasteiger partial charge on any atom is 0.214 e. The summed E-state index contributed by atoms with van der Waals surface area (Å²) in [6.07, 6.45) is 1.58. The van der Waals surface area contributed by atoms with E-state index in [1.807, 2.05) is 18.2 Å². The minimum Gasteiger partial charge on any atom is -0.363 e. The first-order valence-electron chi connectivity index (χ1n) is 9.56. The second-order valence-electron chi connectivity index (χ2n) is 7.73. The van der Waals surface area contributed by atoms with E-state index < -0.39 is 20.6 Å². The standard InChI is InChI=1S/C20H19ClFN3O3S2/c1-2-30(26,27)25-11-19(12-25)16-5-3-13(7-14(16)10-28-19)17-8-20(22,29-24-17)15-4-6-18(21)23-9-15/h3-7,9H,2,8,10-12H2,1H3. The van der Waals surface area contributed by atoms with Crippen LogP contribution in [0.3, 0.4) is 0 Å². The number of pyridine rings is 1. The van der Waals surface area contributed by atoms with Crippen LogP contribution in [0, 0.1) is 0 Å². The van der Waals surface area contributed by atoms with E-state index in [-0.39, 0.29) is 12.2 Å². The van der Waals surface area contributed by atoms with E-state index >= 15 is 4.39 Å². The Bertz CT molecular complexity index is 1150. The Balaban J connectivity index is 1.35. The Labute approximate surface area is 183 Å². The molecule has 30 heavy (non-hydrogen) atoms. The van der Waals surface area contributed by atoms with Gasteiger partial charge in [0.1, 0.15) is 10.8 Å². The van der Waals surface area contributed by atoms with Crippen molar-refractivity contribution in [3.05, 3.63) is 63.9 Å². The molecule has 1 aromatic heterocycles. The van der Waals surface area contributed by atoms with Gasteiger partial charge >= 0.3 is 0 Å². The van der Waals surface area contributed by atoms with E-state index in [4.69, 9.17) is 16.3 Å². The van der Waals surface area contributed by atoms with E-state index in [0.717, 1.165) is 28.6 Å². The number of halogens is 2. The average Bonchev–Trinajstić information content (AvgIpc) is 3.29. The van der Waals surface area contributed by atoms with Crippen LogP contribution in [0.4, 0.5) is 4.39 Å². The van der Waals surface area contributed by atoms with Gasteiger partial charge in [0.25, 0.3) is 0 Å². The van der Waals surface area contributed by atoms with Gasteiger partial charge in [-0.15, -0.1) is 0 Å². The lowest BCUT2D eigenvalue weighted by Gasteiger charge is -2.46. The van der Waals surface area contributed by atoms with E-state index in [1.165, 1.54) is 10.5 Å². The number of aromatic nitrogens is 1. The van der Waals surface area contributed by atoms with Crippen LogP contribution < -0.4 is 0 Å². The topological polar surface area (TPSA) is 71.9 Å². The number of sulfonamides is 1. The Kier molecular flexibility index (Phi) is 4.75. The zero-order chi connectivity index (χ0) is 21.1. The summed E-state index contributed by atoms with van der Waals surface area (Å²) in [5.41, 5.74) is 3.39. The third kappa shape index (κ3) is 3.18. The number of ether oxygens (including phenoxy) is 1. The molecule has 4 heterocycles. The van der Waals surface area contributed by atoms with Crippen LogP contribution in [0.5, 0.6) is 0 Å². The number of alkyl halides is 1. The van der Waals surface area contributed by atoms with Crippen molar-refractivity contribution in [2.45, 2.75) is 30.6 Å². The van der Waals surface area contributed by atoms with Gasteiger partial charge in [0.05, 0.1) is 18.1 Å². The lowest BCUT2D eigenvalue weighted by molar-refractivity contribution is -0.112. The minimum atomic E-state index is -3.21. The Hall–Kier alpha value is -1.52. The highest BCUT2D eigenvalue weighted by Crippen LogP contribution is 2.49. The predicted octanol–water partition coefficient (Wildman–Crippen LogP) is 3.79. The smallest absolute Gasteiger partial charge is 0.214 e. The van der Waals surface area contributed by atoms with Crippen molar-refractivity contribution in [1.82, 2.24) is 9.29 Å². The summed E-state index contributed by atoms with van der Waals surface area (Å²) < 4.78 is 51.4. The van der Waals surface area contributed by atoms with Crippen LogP contribution >= 0.6 is 23.5 Å². The maximum atomic E-state index is 15.4. The molecule has 0 amide bonds. The molecule has 0 N–H and O–H groups in total. The van der Waals surface area contributed by atoms with E-state index in [2.05, 4.69) is 9.38 Å². The molecule has 0 radical (unpaired) electrons. The van der Waals surface area contributed by atoms with Crippen molar-refractivity contribution in [3.8, 4) is 0 Å². The molecule has 1 fully saturated rings. The van der Waals surface area contributed by atoms with Crippen LogP contribution in [0.25, 0.3) is 0 Å². The lowest BCUT2D eigenvalue weighted by Crippen LogP contribution is -2.61. The van der Waals surface area contributed by atoms with Gasteiger partial charge in [-0.1, -0.05) is 29.8 Å². The van der Waals surface area contributed by atoms with Crippen molar-refractivity contribution < 1.29 is 17.5 Å². The number of hydrogen-bond acceptors (Lipinski definition) is 6. The highest BCUT2D eigenvalue weighted by molar-refractivity contribution is 7.99. The summed E-state index contributed by atoms with van der Waals surface area (Å²) in [7, 11) is -3.21. The quantitative estimate of drug-likeness (QED) is 0.505. The fraction of sp³-hybridized carbons (Fsp3) is 0.400. The zero-order valence-electron chi connectivity index (χ0n) is 16.1. The first-order valence-corrected chi connectivity index (χ1v) is 12.3. The fourth-order valence-corrected chi connectivity index (χ4v) is 6.25. The molecule has 3 aliphatic heterocycles. The predicted molar refractivity (Wildman–Crippen MR) is 115 cm³/mol. The van der Waals surface area contributed by atoms with E-state index in [0.29, 0.717) is 36.1 Å². The van der Waals surface area contributed by atoms with Crippen LogP contribution in [0.15, 0.2) is 40.9 Å². The van der Waals surface area contributed by atoms with Gasteiger partial charge < -0.3 is 4.74 Å². The van der Waals surface area contributed by atoms with Gasteiger partial charge in [0.15, 0.2) is 0 Å². The molecule has 1 saturated heterocycles. The average molecular weight is 468 g/mol. The normalized spacial score (nSPS) is 25.2. The second kappa shape index (κ2) is 7.00. The van der Waals surface area contributed by atoms with Crippen molar-refractivity contribution in [3.63, 3.8) is 0 Å². The number of nitrogens with zero attached hydrogens (tertiary/aromatic N) is 3. The largest absolute Gasteiger partial charge is 0.363 e. The van der Waals surface area contributed by atoms with Gasteiger partial charge in [-0.3, -0.25) is 0 Å². The summed E-state index contributed by atoms with van der Waals surface area (Å²) in [4.78, 5) is 3.97. The monoisotopic (exact) mass is 467 g/mol. The molecule has 10 heteroatoms. The Morgan fingerprint density at radius 1 is 1.30 bits per heavy atom. The zero-order valence-corrected chi connectivity index (χ0v) is 18.5. The SMILES string of the molecule is CCS(=O)(=O)N1CC2(C1)OCc1cc(C3=NSC(F)(c4ccc(Cl)nc4)C3)ccc12. The van der Waals surface area contributed by atoms with Crippen molar-refractivity contribution in [2.24, 2.45) is 4.40 Å². The first-order chi connectivity index (χ1) is 14.2. The fourth-order valence-electron chi connectivity index (χ4n) is 4.11. The summed E-state index contributed by atoms with van der Waals surface area (Å²) >= 11 is 6.70. The third-order valence-corrected chi connectivity index (χ3v) is 8.89. The Morgan fingerprint density at radius 2 is 2.10 bits per heavy atom. The highest BCUT2D eigenvalue weighted by Gasteiger charge is 2.53. The first kappa shape index (κ1) is 20.4. The lowest BCUT2D eigenvalue weighted by atomic mass is 9.86.